The number of phenolic OH excluding ortho intramolecular Hbond substituents is 1. The fourth-order valence-electron chi connectivity index (χ4n) is 1.28. The third kappa shape index (κ3) is 4.73. The Morgan fingerprint density at radius 2 is 1.18 bits per heavy atom. The first-order valence-corrected chi connectivity index (χ1v) is 6.12. The van der Waals surface area contributed by atoms with Crippen molar-refractivity contribution in [2.75, 3.05) is 0 Å². The van der Waals surface area contributed by atoms with Crippen LogP contribution in [0.25, 0.3) is 11.1 Å². The minimum absolute atomic E-state index is 0.305. The van der Waals surface area contributed by atoms with Crippen LogP contribution in [-0.2, 0) is 0 Å². The van der Waals surface area contributed by atoms with E-state index < -0.39 is 0 Å². The van der Waals surface area contributed by atoms with Gasteiger partial charge in [0, 0.05) is 0 Å². The average Bonchev–Trinajstić information content (AvgIpc) is 2.41. The van der Waals surface area contributed by atoms with Crippen molar-refractivity contribution in [3.05, 3.63) is 54.6 Å². The van der Waals surface area contributed by atoms with E-state index in [0.29, 0.717) is 5.75 Å². The molecule has 2 aromatic rings. The zero-order chi connectivity index (χ0) is 12.5. The molecule has 0 atom stereocenters. The van der Waals surface area contributed by atoms with Gasteiger partial charge in [-0.25, -0.2) is 0 Å². The lowest BCUT2D eigenvalue weighted by Crippen LogP contribution is -1.74. The molecule has 0 aliphatic carbocycles. The van der Waals surface area contributed by atoms with Crippen LogP contribution in [0.2, 0.25) is 0 Å². The van der Waals surface area contributed by atoms with Gasteiger partial charge in [0.1, 0.15) is 5.75 Å². The van der Waals surface area contributed by atoms with Crippen molar-refractivity contribution in [2.24, 2.45) is 0 Å². The number of phenols is 1. The van der Waals surface area contributed by atoms with Gasteiger partial charge in [0.2, 0.25) is 0 Å². The minimum atomic E-state index is 0.305. The minimum Gasteiger partial charge on any atom is -0.508 e. The second-order valence-electron chi connectivity index (χ2n) is 3.91. The molecule has 0 aliphatic heterocycles. The zero-order valence-electron chi connectivity index (χ0n) is 10.6. The van der Waals surface area contributed by atoms with E-state index in [4.69, 9.17) is 5.11 Å². The summed E-state index contributed by atoms with van der Waals surface area (Å²) in [6.45, 7) is 4.36. The first kappa shape index (κ1) is 13.3. The highest BCUT2D eigenvalue weighted by molar-refractivity contribution is 5.63. The van der Waals surface area contributed by atoms with Crippen LogP contribution in [-0.4, -0.2) is 5.11 Å². The van der Waals surface area contributed by atoms with E-state index in [-0.39, 0.29) is 0 Å². The van der Waals surface area contributed by atoms with Gasteiger partial charge in [-0.2, -0.15) is 0 Å². The van der Waals surface area contributed by atoms with Crippen LogP contribution in [0.3, 0.4) is 0 Å². The highest BCUT2D eigenvalue weighted by atomic mass is 16.3. The third-order valence-electron chi connectivity index (χ3n) is 2.47. The molecule has 90 valence electrons. The SMILES string of the molecule is CCCC.Oc1ccc(-c2ccccc2)cc1. The Labute approximate surface area is 104 Å². The van der Waals surface area contributed by atoms with Crippen LogP contribution in [0.4, 0.5) is 0 Å². The molecule has 0 saturated carbocycles. The maximum Gasteiger partial charge on any atom is 0.115 e. The smallest absolute Gasteiger partial charge is 0.115 e. The highest BCUT2D eigenvalue weighted by Gasteiger charge is 1.94. The molecule has 17 heavy (non-hydrogen) atoms. The van der Waals surface area contributed by atoms with E-state index >= 15 is 0 Å². The van der Waals surface area contributed by atoms with Crippen LogP contribution in [0.15, 0.2) is 54.6 Å². The van der Waals surface area contributed by atoms with Gasteiger partial charge in [-0.05, 0) is 23.3 Å². The van der Waals surface area contributed by atoms with Crippen molar-refractivity contribution in [3.63, 3.8) is 0 Å². The number of unbranched alkanes of at least 4 members (excludes halogenated alkanes) is 1. The molecule has 0 bridgehead atoms. The summed E-state index contributed by atoms with van der Waals surface area (Å²) in [4.78, 5) is 0. The molecule has 0 unspecified atom stereocenters. The quantitative estimate of drug-likeness (QED) is 0.777. The summed E-state index contributed by atoms with van der Waals surface area (Å²) in [5, 5.41) is 9.10. The van der Waals surface area contributed by atoms with Crippen LogP contribution in [0.1, 0.15) is 26.7 Å². The number of aromatic hydroxyl groups is 1. The van der Waals surface area contributed by atoms with Crippen molar-refractivity contribution in [2.45, 2.75) is 26.7 Å². The molecular weight excluding hydrogens is 208 g/mol. The Morgan fingerprint density at radius 1 is 0.706 bits per heavy atom. The van der Waals surface area contributed by atoms with Gasteiger partial charge < -0.3 is 5.11 Å². The van der Waals surface area contributed by atoms with Gasteiger partial charge in [-0.15, -0.1) is 0 Å². The summed E-state index contributed by atoms with van der Waals surface area (Å²) in [5.74, 6) is 0.305. The van der Waals surface area contributed by atoms with Crippen molar-refractivity contribution in [1.29, 1.82) is 0 Å². The lowest BCUT2D eigenvalue weighted by atomic mass is 10.1. The van der Waals surface area contributed by atoms with Crippen LogP contribution < -0.4 is 0 Å². The Balaban J connectivity index is 0.000000317. The lowest BCUT2D eigenvalue weighted by Gasteiger charge is -2.00. The van der Waals surface area contributed by atoms with Crippen LogP contribution in [0.5, 0.6) is 5.75 Å². The highest BCUT2D eigenvalue weighted by Crippen LogP contribution is 2.20. The molecule has 0 aliphatic rings. The molecule has 0 heterocycles. The Hall–Kier alpha value is -1.76. The average molecular weight is 228 g/mol. The second kappa shape index (κ2) is 7.50. The number of rotatable bonds is 2. The van der Waals surface area contributed by atoms with Crippen molar-refractivity contribution in [1.82, 2.24) is 0 Å². The van der Waals surface area contributed by atoms with Gasteiger partial charge >= 0.3 is 0 Å². The molecular formula is C16H20O. The zero-order valence-corrected chi connectivity index (χ0v) is 10.6. The molecule has 1 nitrogen and oxygen atoms in total. The van der Waals surface area contributed by atoms with Crippen molar-refractivity contribution in [3.8, 4) is 16.9 Å². The second-order valence-corrected chi connectivity index (χ2v) is 3.91. The van der Waals surface area contributed by atoms with Crippen molar-refractivity contribution >= 4 is 0 Å². The van der Waals surface area contributed by atoms with Gasteiger partial charge in [-0.3, -0.25) is 0 Å². The van der Waals surface area contributed by atoms with Gasteiger partial charge in [0.05, 0.1) is 0 Å². The van der Waals surface area contributed by atoms with Crippen molar-refractivity contribution < 1.29 is 5.11 Å². The largest absolute Gasteiger partial charge is 0.508 e. The Bertz CT molecular complexity index is 401. The third-order valence-corrected chi connectivity index (χ3v) is 2.47. The number of hydrogen-bond acceptors (Lipinski definition) is 1. The summed E-state index contributed by atoms with van der Waals surface area (Å²) in [5.41, 5.74) is 2.29. The molecule has 0 fully saturated rings. The normalized spacial score (nSPS) is 9.29. The summed E-state index contributed by atoms with van der Waals surface area (Å²) in [6, 6.07) is 17.3. The molecule has 2 rings (SSSR count). The van der Waals surface area contributed by atoms with Gasteiger partial charge in [-0.1, -0.05) is 69.2 Å². The topological polar surface area (TPSA) is 20.2 Å². The van der Waals surface area contributed by atoms with E-state index in [2.05, 4.69) is 13.8 Å². The molecule has 0 amide bonds. The van der Waals surface area contributed by atoms with Crippen LogP contribution in [0, 0.1) is 0 Å². The lowest BCUT2D eigenvalue weighted by molar-refractivity contribution is 0.475. The van der Waals surface area contributed by atoms with Crippen LogP contribution >= 0.6 is 0 Å². The monoisotopic (exact) mass is 228 g/mol. The molecule has 1 N–H and O–H groups in total. The predicted molar refractivity (Wildman–Crippen MR) is 74.1 cm³/mol. The van der Waals surface area contributed by atoms with E-state index in [1.807, 2.05) is 42.5 Å². The molecule has 0 spiro atoms. The molecule has 2 aromatic carbocycles. The first-order valence-electron chi connectivity index (χ1n) is 6.12. The Morgan fingerprint density at radius 3 is 1.65 bits per heavy atom. The summed E-state index contributed by atoms with van der Waals surface area (Å²) >= 11 is 0. The maximum atomic E-state index is 9.10. The maximum absolute atomic E-state index is 9.10. The van der Waals surface area contributed by atoms with E-state index in [0.717, 1.165) is 5.56 Å². The number of hydrogen-bond donors (Lipinski definition) is 1. The molecule has 1 heteroatoms. The summed E-state index contributed by atoms with van der Waals surface area (Å²) in [6.07, 6.45) is 2.64. The van der Waals surface area contributed by atoms with E-state index in [1.165, 1.54) is 18.4 Å². The number of benzene rings is 2. The first-order chi connectivity index (χ1) is 8.27. The summed E-state index contributed by atoms with van der Waals surface area (Å²) in [7, 11) is 0. The van der Waals surface area contributed by atoms with E-state index in [9.17, 15) is 0 Å². The van der Waals surface area contributed by atoms with Gasteiger partial charge in [0.25, 0.3) is 0 Å². The molecule has 0 saturated heterocycles. The molecule has 0 radical (unpaired) electrons. The fourth-order valence-corrected chi connectivity index (χ4v) is 1.28. The predicted octanol–water partition coefficient (Wildman–Crippen LogP) is 4.87. The summed E-state index contributed by atoms with van der Waals surface area (Å²) < 4.78 is 0. The Kier molecular flexibility index (Phi) is 5.87. The van der Waals surface area contributed by atoms with E-state index in [1.54, 1.807) is 12.1 Å². The van der Waals surface area contributed by atoms with Gasteiger partial charge in [0.15, 0.2) is 0 Å². The standard InChI is InChI=1S/C12H10O.C4H10/c13-12-8-6-11(7-9-12)10-4-2-1-3-5-10;1-3-4-2/h1-9,13H;3-4H2,1-2H3. The molecule has 0 aromatic heterocycles. The fraction of sp³-hybridized carbons (Fsp3) is 0.250.